The number of fused-ring (bicyclic) bond motifs is 3. The predicted octanol–water partition coefficient (Wildman–Crippen LogP) is 2.40. The topological polar surface area (TPSA) is 92.0 Å². The van der Waals surface area contributed by atoms with Gasteiger partial charge in [0, 0.05) is 24.2 Å². The van der Waals surface area contributed by atoms with Crippen LogP contribution < -0.4 is 10.1 Å². The molecule has 2 N–H and O–H groups in total. The molecule has 1 amide bonds. The van der Waals surface area contributed by atoms with Crippen LogP contribution in [0.15, 0.2) is 18.2 Å². The highest BCUT2D eigenvalue weighted by atomic mass is 35.5. The molecule has 2 aliphatic rings. The fraction of sp³-hybridized carbons (Fsp3) is 0.409. The summed E-state index contributed by atoms with van der Waals surface area (Å²) in [5, 5.41) is 18.0. The summed E-state index contributed by atoms with van der Waals surface area (Å²) in [5.41, 5.74) is 4.15. The number of aliphatic hydroxyl groups excluding tert-OH is 1. The van der Waals surface area contributed by atoms with E-state index < -0.39 is 11.9 Å². The van der Waals surface area contributed by atoms with Crippen LogP contribution in [0.2, 0.25) is 5.02 Å². The van der Waals surface area contributed by atoms with Crippen LogP contribution in [0.3, 0.4) is 0 Å². The second kappa shape index (κ2) is 7.99. The quantitative estimate of drug-likeness (QED) is 0.622. The van der Waals surface area contributed by atoms with Crippen molar-refractivity contribution in [2.75, 3.05) is 13.2 Å². The van der Waals surface area contributed by atoms with Gasteiger partial charge in [-0.15, -0.1) is 0 Å². The Labute approximate surface area is 188 Å². The zero-order valence-corrected chi connectivity index (χ0v) is 18.5. The maximum absolute atomic E-state index is 13.9. The number of aliphatic hydroxyl groups is 1. The summed E-state index contributed by atoms with van der Waals surface area (Å²) in [4.78, 5) is 19.5. The molecule has 3 aromatic rings. The molecular weight excluding hydrogens is 437 g/mol. The number of aryl methyl sites for hydroxylation is 2. The molecule has 4 heterocycles. The van der Waals surface area contributed by atoms with Crippen LogP contribution in [0.5, 0.6) is 5.75 Å². The SMILES string of the molecule is Cc1nc2c3c(nn2c(C)c1Cl)CN(C(=O)c1ccc(F)cc1OC[C@H]1C[C@H](O)CN1)C3. The monoisotopic (exact) mass is 459 g/mol. The van der Waals surface area contributed by atoms with E-state index in [1.54, 1.807) is 9.42 Å². The number of β-amino-alcohol motifs (C(OH)–C–C–N with tert-alkyl or cyclic N) is 1. The number of carbonyl (C=O) groups is 1. The molecule has 1 aromatic carbocycles. The van der Waals surface area contributed by atoms with Crippen molar-refractivity contribution >= 4 is 23.2 Å². The molecular formula is C22H23ClFN5O3. The third-order valence-corrected chi connectivity index (χ3v) is 6.60. The predicted molar refractivity (Wildman–Crippen MR) is 115 cm³/mol. The standard InChI is InChI=1S/C22H23ClFN5O3/c1-11-20(23)12(2)29-21(26-11)17-8-28(9-18(17)27-29)22(31)16-4-3-13(24)5-19(16)32-10-14-6-15(30)7-25-14/h3-5,14-15,25,30H,6-10H2,1-2H3/t14-,15+/m1/s1. The van der Waals surface area contributed by atoms with E-state index in [1.165, 1.54) is 18.2 Å². The van der Waals surface area contributed by atoms with Gasteiger partial charge in [0.05, 0.1) is 46.9 Å². The van der Waals surface area contributed by atoms with E-state index in [-0.39, 0.29) is 29.9 Å². The molecule has 0 radical (unpaired) electrons. The number of aromatic nitrogens is 3. The maximum Gasteiger partial charge on any atom is 0.258 e. The first-order valence-electron chi connectivity index (χ1n) is 10.5. The zero-order chi connectivity index (χ0) is 22.6. The number of ether oxygens (including phenoxy) is 1. The van der Waals surface area contributed by atoms with E-state index in [4.69, 9.17) is 16.3 Å². The first-order chi connectivity index (χ1) is 15.3. The van der Waals surface area contributed by atoms with Gasteiger partial charge in [0.15, 0.2) is 5.65 Å². The van der Waals surface area contributed by atoms with Gasteiger partial charge in [-0.1, -0.05) is 11.6 Å². The molecule has 168 valence electrons. The van der Waals surface area contributed by atoms with Crippen LogP contribution in [-0.4, -0.2) is 55.8 Å². The highest BCUT2D eigenvalue weighted by Gasteiger charge is 2.32. The Morgan fingerprint density at radius 2 is 2.19 bits per heavy atom. The summed E-state index contributed by atoms with van der Waals surface area (Å²) in [5.74, 6) is -0.558. The lowest BCUT2D eigenvalue weighted by Crippen LogP contribution is -2.30. The molecule has 8 nitrogen and oxygen atoms in total. The van der Waals surface area contributed by atoms with Crippen molar-refractivity contribution in [2.24, 2.45) is 0 Å². The molecule has 2 atom stereocenters. The second-order valence-corrected chi connectivity index (χ2v) is 8.74. The summed E-state index contributed by atoms with van der Waals surface area (Å²) in [6.45, 7) is 5.12. The molecule has 1 saturated heterocycles. The molecule has 10 heteroatoms. The lowest BCUT2D eigenvalue weighted by Gasteiger charge is -2.19. The average molecular weight is 460 g/mol. The minimum Gasteiger partial charge on any atom is -0.491 e. The van der Waals surface area contributed by atoms with Crippen LogP contribution in [0.25, 0.3) is 5.65 Å². The average Bonchev–Trinajstić information content (AvgIpc) is 3.45. The van der Waals surface area contributed by atoms with Crippen LogP contribution in [0.4, 0.5) is 4.39 Å². The van der Waals surface area contributed by atoms with Crippen molar-refractivity contribution in [2.45, 2.75) is 45.5 Å². The maximum atomic E-state index is 13.9. The third kappa shape index (κ3) is 3.60. The van der Waals surface area contributed by atoms with Gasteiger partial charge in [-0.25, -0.2) is 13.9 Å². The van der Waals surface area contributed by atoms with E-state index >= 15 is 0 Å². The summed E-state index contributed by atoms with van der Waals surface area (Å²) >= 11 is 6.30. The van der Waals surface area contributed by atoms with Gasteiger partial charge >= 0.3 is 0 Å². The first-order valence-corrected chi connectivity index (χ1v) is 10.9. The van der Waals surface area contributed by atoms with Gasteiger partial charge in [0.2, 0.25) is 0 Å². The molecule has 0 aliphatic carbocycles. The van der Waals surface area contributed by atoms with Gasteiger partial charge < -0.3 is 20.1 Å². The normalized spacial score (nSPS) is 20.2. The molecule has 0 bridgehead atoms. The molecule has 0 saturated carbocycles. The van der Waals surface area contributed by atoms with E-state index in [0.29, 0.717) is 42.4 Å². The number of halogens is 2. The molecule has 2 aliphatic heterocycles. The lowest BCUT2D eigenvalue weighted by molar-refractivity contribution is 0.0744. The Kier molecular flexibility index (Phi) is 5.27. The smallest absolute Gasteiger partial charge is 0.258 e. The molecule has 32 heavy (non-hydrogen) atoms. The Morgan fingerprint density at radius 3 is 2.94 bits per heavy atom. The number of nitrogens with zero attached hydrogens (tertiary/aromatic N) is 4. The van der Waals surface area contributed by atoms with E-state index in [9.17, 15) is 14.3 Å². The Balaban J connectivity index is 1.38. The first kappa shape index (κ1) is 21.1. The largest absolute Gasteiger partial charge is 0.491 e. The molecule has 0 spiro atoms. The second-order valence-electron chi connectivity index (χ2n) is 8.36. The third-order valence-electron chi connectivity index (χ3n) is 6.06. The number of amides is 1. The van der Waals surface area contributed by atoms with Gasteiger partial charge in [-0.2, -0.15) is 5.10 Å². The van der Waals surface area contributed by atoms with Crippen LogP contribution in [0.1, 0.15) is 39.4 Å². The Bertz CT molecular complexity index is 1230. The molecule has 1 fully saturated rings. The fourth-order valence-electron chi connectivity index (χ4n) is 4.33. The van der Waals surface area contributed by atoms with Crippen molar-refractivity contribution in [3.05, 3.63) is 57.2 Å². The number of nitrogens with one attached hydrogen (secondary N) is 1. The van der Waals surface area contributed by atoms with E-state index in [1.807, 2.05) is 13.8 Å². The van der Waals surface area contributed by atoms with Crippen LogP contribution in [0, 0.1) is 19.7 Å². The molecule has 2 aromatic heterocycles. The number of benzene rings is 1. The summed E-state index contributed by atoms with van der Waals surface area (Å²) in [6, 6.07) is 3.87. The Hall–Kier alpha value is -2.75. The summed E-state index contributed by atoms with van der Waals surface area (Å²) < 4.78 is 21.4. The van der Waals surface area contributed by atoms with Crippen molar-refractivity contribution in [1.29, 1.82) is 0 Å². The summed E-state index contributed by atoms with van der Waals surface area (Å²) in [7, 11) is 0. The fourth-order valence-corrected chi connectivity index (χ4v) is 4.46. The van der Waals surface area contributed by atoms with Crippen molar-refractivity contribution in [3.8, 4) is 5.75 Å². The van der Waals surface area contributed by atoms with Gasteiger partial charge in [-0.05, 0) is 32.4 Å². The minimum atomic E-state index is -0.481. The van der Waals surface area contributed by atoms with Crippen molar-refractivity contribution in [1.82, 2.24) is 24.8 Å². The van der Waals surface area contributed by atoms with Crippen molar-refractivity contribution < 1.29 is 19.0 Å². The zero-order valence-electron chi connectivity index (χ0n) is 17.7. The van der Waals surface area contributed by atoms with E-state index in [2.05, 4.69) is 15.4 Å². The van der Waals surface area contributed by atoms with Crippen LogP contribution in [-0.2, 0) is 13.1 Å². The van der Waals surface area contributed by atoms with Crippen LogP contribution >= 0.6 is 11.6 Å². The number of hydrogen-bond donors (Lipinski definition) is 2. The number of rotatable bonds is 4. The minimum absolute atomic E-state index is 0.0508. The Morgan fingerprint density at radius 1 is 1.38 bits per heavy atom. The number of carbonyl (C=O) groups excluding carboxylic acids is 1. The van der Waals surface area contributed by atoms with Gasteiger partial charge in [0.1, 0.15) is 18.2 Å². The summed E-state index contributed by atoms with van der Waals surface area (Å²) in [6.07, 6.45) is 0.131. The number of hydrogen-bond acceptors (Lipinski definition) is 6. The lowest BCUT2D eigenvalue weighted by atomic mass is 10.1. The molecule has 5 rings (SSSR count). The highest BCUT2D eigenvalue weighted by Crippen LogP contribution is 2.31. The molecule has 0 unspecified atom stereocenters. The van der Waals surface area contributed by atoms with E-state index in [0.717, 1.165) is 17.0 Å². The van der Waals surface area contributed by atoms with Gasteiger partial charge in [-0.3, -0.25) is 4.79 Å². The highest BCUT2D eigenvalue weighted by molar-refractivity contribution is 6.31. The van der Waals surface area contributed by atoms with Gasteiger partial charge in [0.25, 0.3) is 5.91 Å². The van der Waals surface area contributed by atoms with Crippen molar-refractivity contribution in [3.63, 3.8) is 0 Å².